The number of amides is 1. The van der Waals surface area contributed by atoms with E-state index in [1.807, 2.05) is 22.4 Å². The maximum absolute atomic E-state index is 13.4. The van der Waals surface area contributed by atoms with E-state index in [1.54, 1.807) is 52.9 Å². The van der Waals surface area contributed by atoms with E-state index in [-0.39, 0.29) is 30.3 Å². The molecule has 3 heterocycles. The number of fused-ring (bicyclic) bond motifs is 1. The Morgan fingerprint density at radius 1 is 1.10 bits per heavy atom. The number of aliphatic imine (C=N–C) groups is 1. The summed E-state index contributed by atoms with van der Waals surface area (Å²) in [5, 5.41) is 2.60. The smallest absolute Gasteiger partial charge is 0.338 e. The summed E-state index contributed by atoms with van der Waals surface area (Å²) in [6.45, 7) is 8.54. The number of likely N-dealkylation sites (tertiary alicyclic amines) is 1. The Kier molecular flexibility index (Phi) is 9.44. The van der Waals surface area contributed by atoms with Crippen LogP contribution in [0, 0.1) is 5.92 Å². The number of allylic oxidation sites excluding steroid dienone is 1. The summed E-state index contributed by atoms with van der Waals surface area (Å²) in [6, 6.07) is 4.94. The van der Waals surface area contributed by atoms with Gasteiger partial charge in [0, 0.05) is 18.8 Å². The molecule has 0 spiro atoms. The zero-order valence-corrected chi connectivity index (χ0v) is 24.7. The maximum atomic E-state index is 13.4. The van der Waals surface area contributed by atoms with Gasteiger partial charge < -0.3 is 28.7 Å². The van der Waals surface area contributed by atoms with Crippen molar-refractivity contribution in [1.82, 2.24) is 9.80 Å². The lowest BCUT2D eigenvalue weighted by molar-refractivity contribution is -0.151. The Labute approximate surface area is 239 Å². The first kappa shape index (κ1) is 29.5. The van der Waals surface area contributed by atoms with Crippen molar-refractivity contribution in [2.75, 3.05) is 33.9 Å². The molecule has 3 aliphatic heterocycles. The first-order valence-corrected chi connectivity index (χ1v) is 14.4. The molecule has 3 aliphatic rings. The summed E-state index contributed by atoms with van der Waals surface area (Å²) in [7, 11) is 3.13. The van der Waals surface area contributed by atoms with Gasteiger partial charge in [-0.3, -0.25) is 9.59 Å². The third-order valence-electron chi connectivity index (χ3n) is 7.09. The van der Waals surface area contributed by atoms with Crippen LogP contribution in [0.5, 0.6) is 11.5 Å². The van der Waals surface area contributed by atoms with Gasteiger partial charge in [0.15, 0.2) is 16.7 Å². The lowest BCUT2D eigenvalue weighted by Crippen LogP contribution is -2.42. The van der Waals surface area contributed by atoms with Crippen molar-refractivity contribution in [2.24, 2.45) is 10.9 Å². The van der Waals surface area contributed by atoms with Crippen molar-refractivity contribution in [3.8, 4) is 11.5 Å². The number of piperidine rings is 1. The molecule has 40 heavy (non-hydrogen) atoms. The van der Waals surface area contributed by atoms with Crippen LogP contribution in [0.2, 0.25) is 0 Å². The number of nitrogens with zero attached hydrogens (tertiary/aromatic N) is 3. The molecule has 1 aromatic carbocycles. The molecule has 4 rings (SSSR count). The van der Waals surface area contributed by atoms with Crippen molar-refractivity contribution in [3.05, 3.63) is 46.1 Å². The van der Waals surface area contributed by atoms with Crippen LogP contribution in [0.1, 0.15) is 58.6 Å². The molecule has 1 saturated heterocycles. The fourth-order valence-electron chi connectivity index (χ4n) is 5.14. The van der Waals surface area contributed by atoms with E-state index in [9.17, 15) is 14.4 Å². The molecule has 0 aliphatic carbocycles. The van der Waals surface area contributed by atoms with Crippen LogP contribution in [0.25, 0.3) is 0 Å². The second-order valence-electron chi connectivity index (χ2n) is 10.0. The SMILES string of the molecule is CCOC(=O)C1CCN(C(=O)CC2=CSC3=NC(C)=C(C(=O)OC(C)C)[C@@H](c4ccc(OC)c(OC)c4)N23)CC1. The average Bonchev–Trinajstić information content (AvgIpc) is 3.33. The number of carbonyl (C=O) groups excluding carboxylic acids is 3. The number of benzene rings is 1. The topological polar surface area (TPSA) is 107 Å². The predicted molar refractivity (Wildman–Crippen MR) is 152 cm³/mol. The van der Waals surface area contributed by atoms with Crippen molar-refractivity contribution in [1.29, 1.82) is 0 Å². The van der Waals surface area contributed by atoms with E-state index in [0.29, 0.717) is 60.5 Å². The van der Waals surface area contributed by atoms with Crippen LogP contribution in [0.4, 0.5) is 0 Å². The zero-order valence-electron chi connectivity index (χ0n) is 23.9. The van der Waals surface area contributed by atoms with Crippen LogP contribution in [0.15, 0.2) is 45.6 Å². The number of carbonyl (C=O) groups is 3. The molecule has 0 saturated carbocycles. The van der Waals surface area contributed by atoms with Crippen LogP contribution in [-0.2, 0) is 23.9 Å². The molecule has 0 aromatic heterocycles. The third kappa shape index (κ3) is 6.14. The Balaban J connectivity index is 1.62. The van der Waals surface area contributed by atoms with E-state index in [0.717, 1.165) is 11.3 Å². The first-order chi connectivity index (χ1) is 19.2. The fraction of sp³-hybridized carbons (Fsp3) is 0.517. The van der Waals surface area contributed by atoms with Crippen LogP contribution in [0.3, 0.4) is 0 Å². The lowest BCUT2D eigenvalue weighted by atomic mass is 9.93. The monoisotopic (exact) mass is 571 g/mol. The summed E-state index contributed by atoms with van der Waals surface area (Å²) in [4.78, 5) is 47.4. The fourth-order valence-corrected chi connectivity index (χ4v) is 6.10. The highest BCUT2D eigenvalue weighted by molar-refractivity contribution is 8.16. The number of ether oxygens (including phenoxy) is 4. The minimum Gasteiger partial charge on any atom is -0.493 e. The quantitative estimate of drug-likeness (QED) is 0.398. The highest BCUT2D eigenvalue weighted by Crippen LogP contribution is 2.46. The van der Waals surface area contributed by atoms with E-state index >= 15 is 0 Å². The Hall–Kier alpha value is -3.47. The van der Waals surface area contributed by atoms with E-state index in [2.05, 4.69) is 0 Å². The molecule has 1 amide bonds. The van der Waals surface area contributed by atoms with Crippen molar-refractivity contribution >= 4 is 34.8 Å². The van der Waals surface area contributed by atoms with E-state index in [4.69, 9.17) is 23.9 Å². The van der Waals surface area contributed by atoms with Gasteiger partial charge in [-0.1, -0.05) is 17.8 Å². The molecule has 1 aromatic rings. The average molecular weight is 572 g/mol. The summed E-state index contributed by atoms with van der Waals surface area (Å²) in [5.41, 5.74) is 2.48. The van der Waals surface area contributed by atoms with Crippen molar-refractivity contribution in [3.63, 3.8) is 0 Å². The van der Waals surface area contributed by atoms with Gasteiger partial charge in [-0.05, 0) is 63.6 Å². The van der Waals surface area contributed by atoms with Crippen LogP contribution >= 0.6 is 11.8 Å². The van der Waals surface area contributed by atoms with Gasteiger partial charge in [0.2, 0.25) is 5.91 Å². The molecule has 0 N–H and O–H groups in total. The highest BCUT2D eigenvalue weighted by Gasteiger charge is 2.42. The molecule has 0 bridgehead atoms. The van der Waals surface area contributed by atoms with Gasteiger partial charge in [-0.25, -0.2) is 9.79 Å². The summed E-state index contributed by atoms with van der Waals surface area (Å²) < 4.78 is 21.8. The van der Waals surface area contributed by atoms with Gasteiger partial charge in [0.1, 0.15) is 0 Å². The standard InChI is InChI=1S/C29H37N3O7S/c1-7-38-27(34)19-10-12-31(13-11-19)24(33)15-21-16-40-29-30-18(4)25(28(35)39-17(2)3)26(32(21)29)20-8-9-22(36-5)23(14-20)37-6/h8-9,14,16-17,19,26H,7,10-13,15H2,1-6H3/t26-/m1/s1. The minimum absolute atomic E-state index is 0.0425. The van der Waals surface area contributed by atoms with Crippen molar-refractivity contribution < 1.29 is 33.3 Å². The van der Waals surface area contributed by atoms with E-state index in [1.165, 1.54) is 11.8 Å². The Bertz CT molecular complexity index is 1250. The molecule has 216 valence electrons. The van der Waals surface area contributed by atoms with Gasteiger partial charge in [-0.15, -0.1) is 0 Å². The Morgan fingerprint density at radius 3 is 2.42 bits per heavy atom. The number of hydrogen-bond donors (Lipinski definition) is 0. The molecule has 10 nitrogen and oxygen atoms in total. The number of esters is 2. The van der Waals surface area contributed by atoms with E-state index < -0.39 is 12.0 Å². The van der Waals surface area contributed by atoms with Gasteiger partial charge in [0.25, 0.3) is 0 Å². The second-order valence-corrected chi connectivity index (χ2v) is 10.9. The molecular formula is C29H37N3O7S. The number of hydrogen-bond acceptors (Lipinski definition) is 10. The number of rotatable bonds is 9. The molecule has 1 atom stereocenters. The van der Waals surface area contributed by atoms with Gasteiger partial charge in [-0.2, -0.15) is 0 Å². The lowest BCUT2D eigenvalue weighted by Gasteiger charge is -2.37. The summed E-state index contributed by atoms with van der Waals surface area (Å²) in [6.07, 6.45) is 0.976. The zero-order chi connectivity index (χ0) is 29.0. The third-order valence-corrected chi connectivity index (χ3v) is 7.98. The summed E-state index contributed by atoms with van der Waals surface area (Å²) in [5.74, 6) is 0.215. The molecule has 0 radical (unpaired) electrons. The number of thioether (sulfide) groups is 1. The van der Waals surface area contributed by atoms with Crippen LogP contribution in [-0.4, -0.2) is 72.8 Å². The summed E-state index contributed by atoms with van der Waals surface area (Å²) >= 11 is 1.42. The molecule has 11 heteroatoms. The minimum atomic E-state index is -0.581. The number of amidine groups is 1. The Morgan fingerprint density at radius 2 is 1.80 bits per heavy atom. The molecular weight excluding hydrogens is 534 g/mol. The van der Waals surface area contributed by atoms with Gasteiger partial charge in [0.05, 0.1) is 56.6 Å². The predicted octanol–water partition coefficient (Wildman–Crippen LogP) is 4.42. The first-order valence-electron chi connectivity index (χ1n) is 13.5. The largest absolute Gasteiger partial charge is 0.493 e. The molecule has 1 fully saturated rings. The van der Waals surface area contributed by atoms with Crippen molar-refractivity contribution in [2.45, 2.75) is 59.1 Å². The second kappa shape index (κ2) is 12.8. The highest BCUT2D eigenvalue weighted by atomic mass is 32.2. The maximum Gasteiger partial charge on any atom is 0.338 e. The van der Waals surface area contributed by atoms with Crippen LogP contribution < -0.4 is 9.47 Å². The molecule has 0 unspecified atom stereocenters. The van der Waals surface area contributed by atoms with Gasteiger partial charge >= 0.3 is 11.9 Å². The normalized spacial score (nSPS) is 19.2. The number of methoxy groups -OCH3 is 2.